The predicted octanol–water partition coefficient (Wildman–Crippen LogP) is 7.59. The monoisotopic (exact) mass is 691 g/mol. The van der Waals surface area contributed by atoms with Gasteiger partial charge in [0.05, 0.1) is 15.6 Å². The molecule has 1 saturated carbocycles. The number of rotatable bonds is 12. The van der Waals surface area contributed by atoms with E-state index in [0.717, 1.165) is 53.1 Å². The number of nitrogens with zero attached hydrogens (tertiary/aromatic N) is 2. The molecule has 2 amide bonds. The van der Waals surface area contributed by atoms with Crippen molar-refractivity contribution in [3.05, 3.63) is 130 Å². The molecule has 1 fully saturated rings. The Hall–Kier alpha value is -3.85. The van der Waals surface area contributed by atoms with Crippen LogP contribution in [0.4, 0.5) is 5.69 Å². The minimum Gasteiger partial charge on any atom is -0.352 e. The van der Waals surface area contributed by atoms with Gasteiger partial charge in [-0.15, -0.1) is 0 Å². The van der Waals surface area contributed by atoms with Crippen LogP contribution in [0.3, 0.4) is 0 Å². The van der Waals surface area contributed by atoms with Crippen molar-refractivity contribution in [2.45, 2.75) is 69.0 Å². The lowest BCUT2D eigenvalue weighted by molar-refractivity contribution is -0.140. The number of nitrogens with one attached hydrogen (secondary N) is 1. The third-order valence-electron chi connectivity index (χ3n) is 8.48. The summed E-state index contributed by atoms with van der Waals surface area (Å²) in [5, 5.41) is 3.60. The fourth-order valence-electron chi connectivity index (χ4n) is 5.90. The van der Waals surface area contributed by atoms with Crippen LogP contribution in [0.1, 0.15) is 48.8 Å². The first-order chi connectivity index (χ1) is 22.6. The molecular formula is C37H39Cl2N3O4S. The Morgan fingerprint density at radius 1 is 0.830 bits per heavy atom. The van der Waals surface area contributed by atoms with Gasteiger partial charge < -0.3 is 10.2 Å². The van der Waals surface area contributed by atoms with E-state index in [2.05, 4.69) is 5.32 Å². The number of carbonyl (C=O) groups excluding carboxylic acids is 2. The minimum atomic E-state index is -4.29. The topological polar surface area (TPSA) is 86.8 Å². The van der Waals surface area contributed by atoms with Crippen LogP contribution < -0.4 is 9.62 Å². The zero-order valence-corrected chi connectivity index (χ0v) is 28.6. The second-order valence-corrected chi connectivity index (χ2v) is 14.7. The molecular weight excluding hydrogens is 653 g/mol. The molecule has 10 heteroatoms. The molecule has 0 spiro atoms. The Labute approximate surface area is 287 Å². The predicted molar refractivity (Wildman–Crippen MR) is 188 cm³/mol. The molecule has 0 aliphatic heterocycles. The summed E-state index contributed by atoms with van der Waals surface area (Å²) < 4.78 is 29.3. The van der Waals surface area contributed by atoms with E-state index in [9.17, 15) is 18.0 Å². The lowest BCUT2D eigenvalue weighted by Crippen LogP contribution is -2.55. The number of hydrogen-bond donors (Lipinski definition) is 1. The number of aryl methyl sites for hydroxylation is 1. The Balaban J connectivity index is 1.58. The van der Waals surface area contributed by atoms with Crippen molar-refractivity contribution in [2.24, 2.45) is 0 Å². The van der Waals surface area contributed by atoms with Crippen molar-refractivity contribution < 1.29 is 18.0 Å². The summed E-state index contributed by atoms with van der Waals surface area (Å²) in [5.74, 6) is -0.819. The third-order valence-corrected chi connectivity index (χ3v) is 10.8. The van der Waals surface area contributed by atoms with Crippen LogP contribution in [0, 0.1) is 6.92 Å². The van der Waals surface area contributed by atoms with Gasteiger partial charge in [0, 0.05) is 24.0 Å². The summed E-state index contributed by atoms with van der Waals surface area (Å²) in [6, 6.07) is 28.7. The van der Waals surface area contributed by atoms with Crippen molar-refractivity contribution in [2.75, 3.05) is 10.8 Å². The number of carbonyl (C=O) groups is 2. The molecule has 0 aromatic heterocycles. The fourth-order valence-corrected chi connectivity index (χ4v) is 7.78. The van der Waals surface area contributed by atoms with Crippen LogP contribution in [-0.2, 0) is 32.6 Å². The Morgan fingerprint density at radius 2 is 1.47 bits per heavy atom. The molecule has 4 aromatic carbocycles. The molecule has 0 heterocycles. The first-order valence-electron chi connectivity index (χ1n) is 15.8. The van der Waals surface area contributed by atoms with Crippen molar-refractivity contribution in [1.29, 1.82) is 0 Å². The summed E-state index contributed by atoms with van der Waals surface area (Å²) in [5.41, 5.74) is 2.81. The van der Waals surface area contributed by atoms with Gasteiger partial charge in [-0.25, -0.2) is 8.42 Å². The Kier molecular flexibility index (Phi) is 11.6. The van der Waals surface area contributed by atoms with E-state index >= 15 is 0 Å². The van der Waals surface area contributed by atoms with Gasteiger partial charge >= 0.3 is 0 Å². The number of benzene rings is 4. The van der Waals surface area contributed by atoms with Gasteiger partial charge in [0.2, 0.25) is 11.8 Å². The molecule has 246 valence electrons. The maximum atomic E-state index is 14.7. The lowest BCUT2D eigenvalue weighted by Gasteiger charge is -2.35. The molecule has 1 aliphatic rings. The molecule has 1 atom stereocenters. The normalized spacial score (nSPS) is 14.3. The van der Waals surface area contributed by atoms with Crippen molar-refractivity contribution in [3.8, 4) is 0 Å². The summed E-state index contributed by atoms with van der Waals surface area (Å²) in [7, 11) is -4.29. The highest BCUT2D eigenvalue weighted by molar-refractivity contribution is 7.92. The molecule has 5 rings (SSSR count). The highest BCUT2D eigenvalue weighted by Gasteiger charge is 2.36. The van der Waals surface area contributed by atoms with Gasteiger partial charge in [0.25, 0.3) is 10.0 Å². The number of amides is 2. The molecule has 0 saturated heterocycles. The van der Waals surface area contributed by atoms with E-state index in [0.29, 0.717) is 0 Å². The van der Waals surface area contributed by atoms with Gasteiger partial charge in [-0.3, -0.25) is 13.9 Å². The average Bonchev–Trinajstić information content (AvgIpc) is 3.08. The van der Waals surface area contributed by atoms with E-state index < -0.39 is 28.5 Å². The van der Waals surface area contributed by atoms with Crippen molar-refractivity contribution >= 4 is 50.7 Å². The largest absolute Gasteiger partial charge is 0.352 e. The maximum absolute atomic E-state index is 14.7. The Morgan fingerprint density at radius 3 is 2.13 bits per heavy atom. The fraction of sp³-hybridized carbons (Fsp3) is 0.297. The van der Waals surface area contributed by atoms with Crippen molar-refractivity contribution in [1.82, 2.24) is 10.2 Å². The molecule has 4 aromatic rings. The van der Waals surface area contributed by atoms with Gasteiger partial charge in [-0.05, 0) is 61.2 Å². The van der Waals surface area contributed by atoms with Crippen LogP contribution in [0.5, 0.6) is 0 Å². The molecule has 1 N–H and O–H groups in total. The SMILES string of the molecule is Cc1ccc(CN(C(=O)CN(c2cc(Cl)ccc2Cl)S(=O)(=O)c2ccccc2)[C@@H](Cc2ccccc2)C(=O)NC2CCCCC2)cc1. The third kappa shape index (κ3) is 8.95. The number of hydrogen-bond acceptors (Lipinski definition) is 4. The first-order valence-corrected chi connectivity index (χ1v) is 18.0. The summed E-state index contributed by atoms with van der Waals surface area (Å²) in [6.07, 6.45) is 5.22. The van der Waals surface area contributed by atoms with Crippen LogP contribution in [0.25, 0.3) is 0 Å². The second-order valence-electron chi connectivity index (χ2n) is 12.0. The zero-order chi connectivity index (χ0) is 33.4. The molecule has 47 heavy (non-hydrogen) atoms. The van der Waals surface area contributed by atoms with Crippen LogP contribution in [0.15, 0.2) is 108 Å². The molecule has 7 nitrogen and oxygen atoms in total. The highest BCUT2D eigenvalue weighted by atomic mass is 35.5. The van der Waals surface area contributed by atoms with E-state index in [-0.39, 0.29) is 45.5 Å². The highest BCUT2D eigenvalue weighted by Crippen LogP contribution is 2.33. The maximum Gasteiger partial charge on any atom is 0.264 e. The standard InChI is InChI=1S/C37H39Cl2N3O4S/c1-27-17-19-29(20-18-27)25-41(35(23-28-11-5-2-6-12-28)37(44)40-31-13-7-3-8-14-31)36(43)26-42(34-24-30(38)21-22-33(34)39)47(45,46)32-15-9-4-10-16-32/h2,4-6,9-12,15-22,24,31,35H,3,7-8,13-14,23,25-26H2,1H3,(H,40,44)/t35-/m0/s1. The average molecular weight is 693 g/mol. The second kappa shape index (κ2) is 15.8. The van der Waals surface area contributed by atoms with E-state index in [1.165, 1.54) is 29.2 Å². The summed E-state index contributed by atoms with van der Waals surface area (Å²) in [6.45, 7) is 1.46. The molecule has 0 radical (unpaired) electrons. The number of sulfonamides is 1. The molecule has 0 unspecified atom stereocenters. The Bertz CT molecular complexity index is 1760. The number of anilines is 1. The number of halogens is 2. The minimum absolute atomic E-state index is 0.00944. The van der Waals surface area contributed by atoms with E-state index in [1.54, 1.807) is 24.3 Å². The van der Waals surface area contributed by atoms with Crippen LogP contribution in [-0.4, -0.2) is 43.8 Å². The van der Waals surface area contributed by atoms with Crippen LogP contribution in [0.2, 0.25) is 10.0 Å². The summed E-state index contributed by atoms with van der Waals surface area (Å²) in [4.78, 5) is 30.4. The summed E-state index contributed by atoms with van der Waals surface area (Å²) >= 11 is 12.9. The van der Waals surface area contributed by atoms with Gasteiger partial charge in [-0.1, -0.05) is 121 Å². The molecule has 0 bridgehead atoms. The smallest absolute Gasteiger partial charge is 0.264 e. The van der Waals surface area contributed by atoms with E-state index in [4.69, 9.17) is 23.2 Å². The van der Waals surface area contributed by atoms with Gasteiger partial charge in [0.1, 0.15) is 12.6 Å². The van der Waals surface area contributed by atoms with Gasteiger partial charge in [0.15, 0.2) is 0 Å². The van der Waals surface area contributed by atoms with Gasteiger partial charge in [-0.2, -0.15) is 0 Å². The van der Waals surface area contributed by atoms with Crippen molar-refractivity contribution in [3.63, 3.8) is 0 Å². The molecule has 1 aliphatic carbocycles. The van der Waals surface area contributed by atoms with E-state index in [1.807, 2.05) is 61.5 Å². The quantitative estimate of drug-likeness (QED) is 0.166. The zero-order valence-electron chi connectivity index (χ0n) is 26.3. The lowest BCUT2D eigenvalue weighted by atomic mass is 9.94. The first kappa shape index (κ1) is 34.5. The van der Waals surface area contributed by atoms with Crippen LogP contribution >= 0.6 is 23.2 Å².